The third kappa shape index (κ3) is 0.660. The van der Waals surface area contributed by atoms with Gasteiger partial charge in [-0.25, -0.2) is 0 Å². The number of rotatable bonds is 0. The largest absolute Gasteiger partial charge is 0.260 e. The van der Waals surface area contributed by atoms with Crippen molar-refractivity contribution in [1.29, 1.82) is 0 Å². The molecule has 16 heavy (non-hydrogen) atoms. The minimum absolute atomic E-state index is 0.0242. The molecule has 2 saturated carbocycles. The van der Waals surface area contributed by atoms with Crippen molar-refractivity contribution in [1.82, 2.24) is 4.98 Å². The molecule has 4 atom stereocenters. The van der Waals surface area contributed by atoms with Crippen molar-refractivity contribution in [3.8, 4) is 0 Å². The molecule has 0 saturated heterocycles. The van der Waals surface area contributed by atoms with Gasteiger partial charge in [0.15, 0.2) is 0 Å². The molecular weight excluding hydrogens is 264 g/mol. The van der Waals surface area contributed by atoms with Crippen LogP contribution in [0.1, 0.15) is 30.5 Å². The second kappa shape index (κ2) is 2.41. The number of nitrogens with zero attached hydrogens (tertiary/aromatic N) is 1. The number of hydrogen-bond acceptors (Lipinski definition) is 1. The molecule has 0 N–H and O–H groups in total. The van der Waals surface area contributed by atoms with Gasteiger partial charge in [0.05, 0.1) is 11.1 Å². The van der Waals surface area contributed by atoms with Crippen LogP contribution in [0.2, 0.25) is 0 Å². The summed E-state index contributed by atoms with van der Waals surface area (Å²) in [5.41, 5.74) is 2.13. The van der Waals surface area contributed by atoms with E-state index >= 15 is 0 Å². The topological polar surface area (TPSA) is 12.9 Å². The molecule has 0 aliphatic heterocycles. The molecule has 1 aromatic heterocycles. The normalized spacial score (nSPS) is 50.0. The van der Waals surface area contributed by atoms with Gasteiger partial charge in [-0.15, -0.1) is 34.8 Å². The SMILES string of the molecule is C[C@@]12c3ncccc3[C@H]3CC(Cl)(Cl)[C@]31[C@@H]2Cl. The van der Waals surface area contributed by atoms with E-state index in [1.807, 2.05) is 12.3 Å². The van der Waals surface area contributed by atoms with Crippen LogP contribution in [0.3, 0.4) is 0 Å². The summed E-state index contributed by atoms with van der Waals surface area (Å²) in [6, 6.07) is 4.12. The first kappa shape index (κ1) is 9.99. The van der Waals surface area contributed by atoms with Crippen molar-refractivity contribution < 1.29 is 0 Å². The van der Waals surface area contributed by atoms with Gasteiger partial charge in [0.25, 0.3) is 0 Å². The van der Waals surface area contributed by atoms with Gasteiger partial charge in [-0.1, -0.05) is 13.0 Å². The average Bonchev–Trinajstić information content (AvgIpc) is 2.70. The van der Waals surface area contributed by atoms with Crippen LogP contribution in [0.4, 0.5) is 0 Å². The molecule has 3 aliphatic carbocycles. The lowest BCUT2D eigenvalue weighted by molar-refractivity contribution is 0.193. The summed E-state index contributed by atoms with van der Waals surface area (Å²) in [6.07, 6.45) is 2.63. The van der Waals surface area contributed by atoms with Crippen LogP contribution in [0.15, 0.2) is 18.3 Å². The number of hydrogen-bond donors (Lipinski definition) is 0. The van der Waals surface area contributed by atoms with Crippen LogP contribution in [-0.2, 0) is 5.41 Å². The molecule has 4 rings (SSSR count). The zero-order chi connectivity index (χ0) is 11.3. The predicted molar refractivity (Wildman–Crippen MR) is 65.5 cm³/mol. The Kier molecular flexibility index (Phi) is 1.50. The number of fused-ring (bicyclic) bond motifs is 3. The Bertz CT molecular complexity index is 515. The van der Waals surface area contributed by atoms with Crippen LogP contribution >= 0.6 is 34.8 Å². The summed E-state index contributed by atoms with van der Waals surface area (Å²) in [6.45, 7) is 2.15. The van der Waals surface area contributed by atoms with E-state index in [-0.39, 0.29) is 16.2 Å². The van der Waals surface area contributed by atoms with Crippen molar-refractivity contribution in [2.24, 2.45) is 5.41 Å². The van der Waals surface area contributed by atoms with E-state index in [4.69, 9.17) is 34.8 Å². The van der Waals surface area contributed by atoms with E-state index in [2.05, 4.69) is 18.0 Å². The molecular formula is C12H10Cl3N. The van der Waals surface area contributed by atoms with E-state index in [1.54, 1.807) is 0 Å². The molecule has 3 aliphatic rings. The van der Waals surface area contributed by atoms with Gasteiger partial charge in [-0.2, -0.15) is 0 Å². The first-order chi connectivity index (χ1) is 7.48. The second-order valence-electron chi connectivity index (χ2n) is 5.34. The molecule has 84 valence electrons. The molecule has 1 heterocycles. The first-order valence-corrected chi connectivity index (χ1v) is 6.64. The third-order valence-corrected chi connectivity index (χ3v) is 6.72. The maximum Gasteiger partial charge on any atom is 0.127 e. The Morgan fingerprint density at radius 2 is 2.19 bits per heavy atom. The van der Waals surface area contributed by atoms with Crippen molar-refractivity contribution in [3.63, 3.8) is 0 Å². The second-order valence-corrected chi connectivity index (χ2v) is 7.26. The zero-order valence-corrected chi connectivity index (χ0v) is 10.9. The molecule has 0 aromatic carbocycles. The van der Waals surface area contributed by atoms with Crippen molar-refractivity contribution in [2.75, 3.05) is 0 Å². The van der Waals surface area contributed by atoms with Gasteiger partial charge in [0.1, 0.15) is 4.33 Å². The number of halogens is 3. The van der Waals surface area contributed by atoms with Gasteiger partial charge in [-0.3, -0.25) is 4.98 Å². The smallest absolute Gasteiger partial charge is 0.127 e. The highest BCUT2D eigenvalue weighted by Gasteiger charge is 2.92. The van der Waals surface area contributed by atoms with Gasteiger partial charge in [0, 0.05) is 17.0 Å². The van der Waals surface area contributed by atoms with Gasteiger partial charge < -0.3 is 0 Å². The maximum atomic E-state index is 6.49. The van der Waals surface area contributed by atoms with Crippen LogP contribution in [0.5, 0.6) is 0 Å². The highest BCUT2D eigenvalue weighted by atomic mass is 35.5. The molecule has 0 bridgehead atoms. The molecule has 0 amide bonds. The molecule has 1 aromatic rings. The maximum absolute atomic E-state index is 6.49. The summed E-state index contributed by atoms with van der Waals surface area (Å²) in [7, 11) is 0. The summed E-state index contributed by atoms with van der Waals surface area (Å²) in [5.74, 6) is 0.402. The lowest BCUT2D eigenvalue weighted by atomic mass is 9.67. The Morgan fingerprint density at radius 3 is 2.88 bits per heavy atom. The van der Waals surface area contributed by atoms with E-state index in [0.29, 0.717) is 5.92 Å². The Balaban J connectivity index is 2.00. The Labute approximate surface area is 109 Å². The van der Waals surface area contributed by atoms with Crippen LogP contribution in [-0.4, -0.2) is 14.7 Å². The molecule has 1 spiro atoms. The fraction of sp³-hybridized carbons (Fsp3) is 0.583. The molecule has 1 nitrogen and oxygen atoms in total. The number of aromatic nitrogens is 1. The zero-order valence-electron chi connectivity index (χ0n) is 8.67. The molecule has 0 unspecified atom stereocenters. The van der Waals surface area contributed by atoms with Crippen molar-refractivity contribution in [3.05, 3.63) is 29.6 Å². The highest BCUT2D eigenvalue weighted by molar-refractivity contribution is 6.51. The Morgan fingerprint density at radius 1 is 1.44 bits per heavy atom. The van der Waals surface area contributed by atoms with Crippen LogP contribution in [0, 0.1) is 5.41 Å². The predicted octanol–water partition coefficient (Wildman–Crippen LogP) is 3.62. The lowest BCUT2D eigenvalue weighted by Crippen LogP contribution is -2.48. The highest BCUT2D eigenvalue weighted by Crippen LogP contribution is 2.90. The van der Waals surface area contributed by atoms with E-state index < -0.39 is 4.33 Å². The molecule has 0 radical (unpaired) electrons. The average molecular weight is 275 g/mol. The van der Waals surface area contributed by atoms with E-state index in [0.717, 1.165) is 12.1 Å². The quantitative estimate of drug-likeness (QED) is 0.659. The first-order valence-electron chi connectivity index (χ1n) is 5.45. The van der Waals surface area contributed by atoms with E-state index in [9.17, 15) is 0 Å². The fourth-order valence-corrected chi connectivity index (χ4v) is 6.29. The molecule has 2 fully saturated rings. The standard InChI is InChI=1S/C12H10Cl3N/c1-10-8-6(3-2-4-16-8)7-5-11(14,15)12(7,10)9(10)13/h2-4,7,9H,5H2,1H3/t7-,9-,10+,12+/m1/s1. The van der Waals surface area contributed by atoms with Gasteiger partial charge in [-0.05, 0) is 24.0 Å². The monoisotopic (exact) mass is 273 g/mol. The van der Waals surface area contributed by atoms with E-state index in [1.165, 1.54) is 5.56 Å². The van der Waals surface area contributed by atoms with Crippen LogP contribution in [0.25, 0.3) is 0 Å². The minimum atomic E-state index is -0.681. The lowest BCUT2D eigenvalue weighted by Gasteiger charge is -2.48. The summed E-state index contributed by atoms with van der Waals surface area (Å²) in [4.78, 5) is 4.50. The van der Waals surface area contributed by atoms with Crippen molar-refractivity contribution in [2.45, 2.75) is 34.4 Å². The van der Waals surface area contributed by atoms with Gasteiger partial charge >= 0.3 is 0 Å². The minimum Gasteiger partial charge on any atom is -0.260 e. The van der Waals surface area contributed by atoms with Gasteiger partial charge in [0.2, 0.25) is 0 Å². The summed E-state index contributed by atoms with van der Waals surface area (Å²) < 4.78 is -0.681. The van der Waals surface area contributed by atoms with Crippen LogP contribution < -0.4 is 0 Å². The van der Waals surface area contributed by atoms with Crippen molar-refractivity contribution >= 4 is 34.8 Å². The fourth-order valence-electron chi connectivity index (χ4n) is 4.21. The summed E-state index contributed by atoms with van der Waals surface area (Å²) in [5, 5.41) is 0.0242. The molecule has 4 heteroatoms. The summed E-state index contributed by atoms with van der Waals surface area (Å²) >= 11 is 19.3. The number of pyridine rings is 1. The number of alkyl halides is 3. The third-order valence-electron chi connectivity index (χ3n) is 5.00. The Hall–Kier alpha value is 0.0200.